The predicted octanol–water partition coefficient (Wildman–Crippen LogP) is 0.0225. The lowest BCUT2D eigenvalue weighted by molar-refractivity contribution is -0.147. The second kappa shape index (κ2) is 8.12. The standard InChI is InChI=1S/C13H24N2O4/c1-10(12(16)14-6-9-18-2)15-7-4-11(5-8-15)13(17)19-3/h10-11H,4-9H2,1-3H3,(H,14,16). The van der Waals surface area contributed by atoms with Gasteiger partial charge in [-0.1, -0.05) is 0 Å². The van der Waals surface area contributed by atoms with E-state index in [0.717, 1.165) is 25.9 Å². The van der Waals surface area contributed by atoms with Crippen LogP contribution in [-0.2, 0) is 19.1 Å². The average molecular weight is 272 g/mol. The number of methoxy groups -OCH3 is 2. The molecule has 110 valence electrons. The molecule has 1 amide bonds. The first-order valence-electron chi connectivity index (χ1n) is 6.68. The molecule has 0 radical (unpaired) electrons. The number of ether oxygens (including phenoxy) is 2. The van der Waals surface area contributed by atoms with E-state index in [1.165, 1.54) is 7.11 Å². The van der Waals surface area contributed by atoms with Crippen molar-refractivity contribution in [3.05, 3.63) is 0 Å². The molecule has 1 fully saturated rings. The Labute approximate surface area is 114 Å². The van der Waals surface area contributed by atoms with Crippen LogP contribution in [0.15, 0.2) is 0 Å². The van der Waals surface area contributed by atoms with Gasteiger partial charge in [-0.2, -0.15) is 0 Å². The molecular formula is C13H24N2O4. The molecule has 6 heteroatoms. The Bertz CT molecular complexity index is 301. The van der Waals surface area contributed by atoms with E-state index in [1.54, 1.807) is 7.11 Å². The van der Waals surface area contributed by atoms with Crippen LogP contribution in [0, 0.1) is 5.92 Å². The summed E-state index contributed by atoms with van der Waals surface area (Å²) in [5.41, 5.74) is 0. The Morgan fingerprint density at radius 2 is 1.95 bits per heavy atom. The topological polar surface area (TPSA) is 67.9 Å². The van der Waals surface area contributed by atoms with Gasteiger partial charge in [0.25, 0.3) is 0 Å². The van der Waals surface area contributed by atoms with E-state index in [-0.39, 0.29) is 23.8 Å². The molecule has 1 aliphatic heterocycles. The van der Waals surface area contributed by atoms with Gasteiger partial charge in [0.1, 0.15) is 0 Å². The Hall–Kier alpha value is -1.14. The molecule has 6 nitrogen and oxygen atoms in total. The molecule has 0 saturated carbocycles. The summed E-state index contributed by atoms with van der Waals surface area (Å²) in [4.78, 5) is 25.4. The van der Waals surface area contributed by atoms with Crippen LogP contribution in [-0.4, -0.2) is 63.3 Å². The van der Waals surface area contributed by atoms with Gasteiger partial charge in [0, 0.05) is 13.7 Å². The SMILES string of the molecule is COCCNC(=O)C(C)N1CCC(C(=O)OC)CC1. The number of nitrogens with one attached hydrogen (secondary N) is 1. The van der Waals surface area contributed by atoms with Crippen molar-refractivity contribution >= 4 is 11.9 Å². The first-order valence-corrected chi connectivity index (χ1v) is 6.68. The second-order valence-corrected chi connectivity index (χ2v) is 4.79. The van der Waals surface area contributed by atoms with Gasteiger partial charge < -0.3 is 14.8 Å². The van der Waals surface area contributed by atoms with E-state index in [1.807, 2.05) is 6.92 Å². The second-order valence-electron chi connectivity index (χ2n) is 4.79. The zero-order chi connectivity index (χ0) is 14.3. The summed E-state index contributed by atoms with van der Waals surface area (Å²) >= 11 is 0. The highest BCUT2D eigenvalue weighted by Gasteiger charge is 2.29. The minimum absolute atomic E-state index is 0.00793. The van der Waals surface area contributed by atoms with Crippen molar-refractivity contribution in [1.82, 2.24) is 10.2 Å². The number of piperidine rings is 1. The zero-order valence-electron chi connectivity index (χ0n) is 12.0. The Kier molecular flexibility index (Phi) is 6.80. The summed E-state index contributed by atoms with van der Waals surface area (Å²) in [6.45, 7) is 4.43. The maximum atomic E-state index is 11.9. The van der Waals surface area contributed by atoms with Crippen LogP contribution < -0.4 is 5.32 Å². The van der Waals surface area contributed by atoms with Gasteiger partial charge in [0.15, 0.2) is 0 Å². The Balaban J connectivity index is 2.33. The molecular weight excluding hydrogens is 248 g/mol. The van der Waals surface area contributed by atoms with Gasteiger partial charge in [-0.05, 0) is 32.9 Å². The lowest BCUT2D eigenvalue weighted by Crippen LogP contribution is -2.49. The molecule has 1 N–H and O–H groups in total. The molecule has 1 aliphatic rings. The molecule has 0 aliphatic carbocycles. The minimum atomic E-state index is -0.171. The number of hydrogen-bond donors (Lipinski definition) is 1. The largest absolute Gasteiger partial charge is 0.469 e. The summed E-state index contributed by atoms with van der Waals surface area (Å²) in [5, 5.41) is 2.83. The number of rotatable bonds is 6. The van der Waals surface area contributed by atoms with Crippen molar-refractivity contribution in [2.75, 3.05) is 40.5 Å². The quantitative estimate of drug-likeness (QED) is 0.545. The highest BCUT2D eigenvalue weighted by Crippen LogP contribution is 2.20. The van der Waals surface area contributed by atoms with Gasteiger partial charge in [0.2, 0.25) is 5.91 Å². The molecule has 1 rings (SSSR count). The molecule has 19 heavy (non-hydrogen) atoms. The monoisotopic (exact) mass is 272 g/mol. The minimum Gasteiger partial charge on any atom is -0.469 e. The molecule has 0 aromatic heterocycles. The van der Waals surface area contributed by atoms with Gasteiger partial charge in [-0.3, -0.25) is 14.5 Å². The first kappa shape index (κ1) is 15.9. The fourth-order valence-electron chi connectivity index (χ4n) is 2.28. The Morgan fingerprint density at radius 3 is 2.47 bits per heavy atom. The third-order valence-corrected chi connectivity index (χ3v) is 3.60. The Morgan fingerprint density at radius 1 is 1.32 bits per heavy atom. The normalized spacial score (nSPS) is 18.9. The summed E-state index contributed by atoms with van der Waals surface area (Å²) in [5.74, 6) is -0.157. The summed E-state index contributed by atoms with van der Waals surface area (Å²) in [7, 11) is 3.02. The molecule has 1 unspecified atom stereocenters. The third kappa shape index (κ3) is 4.80. The van der Waals surface area contributed by atoms with Crippen molar-refractivity contribution < 1.29 is 19.1 Å². The maximum Gasteiger partial charge on any atom is 0.308 e. The molecule has 0 bridgehead atoms. The van der Waals surface area contributed by atoms with E-state index in [4.69, 9.17) is 9.47 Å². The number of amides is 1. The highest BCUT2D eigenvalue weighted by atomic mass is 16.5. The van der Waals surface area contributed by atoms with Gasteiger partial charge in [0.05, 0.1) is 25.7 Å². The molecule has 0 aromatic rings. The first-order chi connectivity index (χ1) is 9.10. The molecule has 1 saturated heterocycles. The number of likely N-dealkylation sites (tertiary alicyclic amines) is 1. The van der Waals surface area contributed by atoms with Crippen molar-refractivity contribution in [2.24, 2.45) is 5.92 Å². The van der Waals surface area contributed by atoms with Gasteiger partial charge in [-0.15, -0.1) is 0 Å². The molecule has 1 heterocycles. The lowest BCUT2D eigenvalue weighted by atomic mass is 9.96. The highest BCUT2D eigenvalue weighted by molar-refractivity contribution is 5.81. The third-order valence-electron chi connectivity index (χ3n) is 3.60. The van der Waals surface area contributed by atoms with Crippen molar-refractivity contribution in [3.63, 3.8) is 0 Å². The van der Waals surface area contributed by atoms with E-state index in [9.17, 15) is 9.59 Å². The van der Waals surface area contributed by atoms with Gasteiger partial charge in [-0.25, -0.2) is 0 Å². The van der Waals surface area contributed by atoms with E-state index < -0.39 is 0 Å². The average Bonchev–Trinajstić information content (AvgIpc) is 2.46. The van der Waals surface area contributed by atoms with Crippen molar-refractivity contribution in [1.29, 1.82) is 0 Å². The number of carbonyl (C=O) groups excluding carboxylic acids is 2. The van der Waals surface area contributed by atoms with Crippen LogP contribution in [0.2, 0.25) is 0 Å². The zero-order valence-corrected chi connectivity index (χ0v) is 12.0. The molecule has 0 aromatic carbocycles. The number of hydrogen-bond acceptors (Lipinski definition) is 5. The van der Waals surface area contributed by atoms with Crippen LogP contribution in [0.25, 0.3) is 0 Å². The van der Waals surface area contributed by atoms with E-state index in [0.29, 0.717) is 13.2 Å². The number of carbonyl (C=O) groups is 2. The fraction of sp³-hybridized carbons (Fsp3) is 0.846. The van der Waals surface area contributed by atoms with Crippen LogP contribution in [0.4, 0.5) is 0 Å². The summed E-state index contributed by atoms with van der Waals surface area (Å²) < 4.78 is 9.64. The van der Waals surface area contributed by atoms with Gasteiger partial charge >= 0.3 is 5.97 Å². The van der Waals surface area contributed by atoms with Crippen LogP contribution in [0.5, 0.6) is 0 Å². The number of nitrogens with zero attached hydrogens (tertiary/aromatic N) is 1. The summed E-state index contributed by atoms with van der Waals surface area (Å²) in [6, 6.07) is -0.171. The van der Waals surface area contributed by atoms with Crippen LogP contribution in [0.3, 0.4) is 0 Å². The summed E-state index contributed by atoms with van der Waals surface area (Å²) in [6.07, 6.45) is 1.50. The molecule has 1 atom stereocenters. The van der Waals surface area contributed by atoms with E-state index in [2.05, 4.69) is 10.2 Å². The fourth-order valence-corrected chi connectivity index (χ4v) is 2.28. The smallest absolute Gasteiger partial charge is 0.308 e. The van der Waals surface area contributed by atoms with Crippen molar-refractivity contribution in [3.8, 4) is 0 Å². The van der Waals surface area contributed by atoms with E-state index >= 15 is 0 Å². The van der Waals surface area contributed by atoms with Crippen LogP contribution >= 0.6 is 0 Å². The molecule has 0 spiro atoms. The van der Waals surface area contributed by atoms with Crippen LogP contribution in [0.1, 0.15) is 19.8 Å². The van der Waals surface area contributed by atoms with Crippen molar-refractivity contribution in [2.45, 2.75) is 25.8 Å². The lowest BCUT2D eigenvalue weighted by Gasteiger charge is -2.34. The predicted molar refractivity (Wildman–Crippen MR) is 70.7 cm³/mol. The maximum absolute atomic E-state index is 11.9. The number of esters is 1.